The Morgan fingerprint density at radius 2 is 1.87 bits per heavy atom. The van der Waals surface area contributed by atoms with Gasteiger partial charge < -0.3 is 15.4 Å². The van der Waals surface area contributed by atoms with E-state index in [0.29, 0.717) is 30.7 Å². The molecule has 0 spiro atoms. The normalized spacial score (nSPS) is 11.1. The molecule has 160 valence electrons. The minimum Gasteiger partial charge on any atom is -0.439 e. The molecule has 0 unspecified atom stereocenters. The highest BCUT2D eigenvalue weighted by Crippen LogP contribution is 2.20. The van der Waals surface area contributed by atoms with Crippen LogP contribution in [0.5, 0.6) is 11.6 Å². The van der Waals surface area contributed by atoms with Gasteiger partial charge in [0.05, 0.1) is 6.54 Å². The number of benzene rings is 1. The summed E-state index contributed by atoms with van der Waals surface area (Å²) in [6.45, 7) is 0.989. The predicted octanol–water partition coefficient (Wildman–Crippen LogP) is 3.54. The third-order valence-corrected chi connectivity index (χ3v) is 4.32. The number of ether oxygens (including phenoxy) is 1. The number of rotatable bonds is 6. The summed E-state index contributed by atoms with van der Waals surface area (Å²) in [5.74, 6) is 2.05. The number of aromatic nitrogens is 4. The van der Waals surface area contributed by atoms with Gasteiger partial charge >= 0.3 is 0 Å². The van der Waals surface area contributed by atoms with E-state index in [0.717, 1.165) is 17.0 Å². The predicted molar refractivity (Wildman–Crippen MR) is 126 cm³/mol. The maximum Gasteiger partial charge on any atom is 0.219 e. The smallest absolute Gasteiger partial charge is 0.219 e. The monoisotopic (exact) mass is 533 g/mol. The molecule has 0 fully saturated rings. The molecule has 0 radical (unpaired) electrons. The first-order valence-corrected chi connectivity index (χ1v) is 9.33. The molecule has 4 rings (SSSR count). The summed E-state index contributed by atoms with van der Waals surface area (Å²) in [4.78, 5) is 8.43. The van der Waals surface area contributed by atoms with Crippen LogP contribution in [0.2, 0.25) is 0 Å². The van der Waals surface area contributed by atoms with Crippen LogP contribution in [0.15, 0.2) is 72.0 Å². The van der Waals surface area contributed by atoms with Crippen LogP contribution < -0.4 is 15.4 Å². The molecule has 8 nitrogen and oxygen atoms in total. The van der Waals surface area contributed by atoms with Gasteiger partial charge in [-0.1, -0.05) is 6.07 Å². The molecular weight excluding hydrogens is 512 g/mol. The van der Waals surface area contributed by atoms with Crippen molar-refractivity contribution in [2.75, 3.05) is 7.05 Å². The number of halogens is 2. The summed E-state index contributed by atoms with van der Waals surface area (Å²) in [6, 6.07) is 15.2. The van der Waals surface area contributed by atoms with E-state index in [1.807, 2.05) is 40.9 Å². The quantitative estimate of drug-likeness (QED) is 0.224. The maximum atomic E-state index is 13.0. The number of nitrogens with one attached hydrogen (secondary N) is 2. The van der Waals surface area contributed by atoms with Crippen LogP contribution in [0.4, 0.5) is 4.39 Å². The van der Waals surface area contributed by atoms with Crippen molar-refractivity contribution in [3.05, 3.63) is 84.2 Å². The first-order chi connectivity index (χ1) is 14.7. The molecule has 0 saturated carbocycles. The molecular formula is C21H21FIN7O. The Morgan fingerprint density at radius 3 is 2.68 bits per heavy atom. The standard InChI is InChI=1S/C21H20FN7O.HI/c1-23-21(26-14-19-28-27-18-4-2-3-11-29(18)19)25-13-15-9-10-24-20(12-15)30-17-7-5-16(22)6-8-17;/h2-12H,13-14H2,1H3,(H2,23,25,26);1H. The number of fused-ring (bicyclic) bond motifs is 1. The van der Waals surface area contributed by atoms with E-state index in [1.54, 1.807) is 25.4 Å². The Balaban J connectivity index is 0.00000272. The van der Waals surface area contributed by atoms with Crippen molar-refractivity contribution in [2.45, 2.75) is 13.1 Å². The van der Waals surface area contributed by atoms with Crippen LogP contribution in [0, 0.1) is 5.82 Å². The van der Waals surface area contributed by atoms with Crippen LogP contribution in [-0.4, -0.2) is 32.6 Å². The van der Waals surface area contributed by atoms with Gasteiger partial charge in [0.2, 0.25) is 5.88 Å². The van der Waals surface area contributed by atoms with Gasteiger partial charge in [0.15, 0.2) is 17.4 Å². The summed E-state index contributed by atoms with van der Waals surface area (Å²) in [5, 5.41) is 14.8. The molecule has 0 aliphatic rings. The van der Waals surface area contributed by atoms with Crippen LogP contribution in [0.1, 0.15) is 11.4 Å². The topological polar surface area (TPSA) is 88.7 Å². The van der Waals surface area contributed by atoms with E-state index in [9.17, 15) is 4.39 Å². The van der Waals surface area contributed by atoms with E-state index in [2.05, 4.69) is 30.8 Å². The number of aliphatic imine (C=N–C) groups is 1. The number of pyridine rings is 2. The van der Waals surface area contributed by atoms with Crippen molar-refractivity contribution in [3.8, 4) is 11.6 Å². The molecule has 10 heteroatoms. The Kier molecular flexibility index (Phi) is 7.70. The minimum absolute atomic E-state index is 0. The fourth-order valence-electron chi connectivity index (χ4n) is 2.82. The van der Waals surface area contributed by atoms with Crippen molar-refractivity contribution >= 4 is 35.6 Å². The van der Waals surface area contributed by atoms with Crippen LogP contribution in [0.3, 0.4) is 0 Å². The Bertz CT molecular complexity index is 1160. The molecule has 0 aliphatic carbocycles. The van der Waals surface area contributed by atoms with Gasteiger partial charge in [-0.15, -0.1) is 34.2 Å². The molecule has 4 aromatic rings. The fraction of sp³-hybridized carbons (Fsp3) is 0.143. The average molecular weight is 533 g/mol. The number of nitrogens with zero attached hydrogens (tertiary/aromatic N) is 5. The molecule has 0 atom stereocenters. The van der Waals surface area contributed by atoms with Gasteiger partial charge in [-0.05, 0) is 48.0 Å². The highest BCUT2D eigenvalue weighted by atomic mass is 127. The van der Waals surface area contributed by atoms with E-state index >= 15 is 0 Å². The zero-order valence-electron chi connectivity index (χ0n) is 16.7. The Morgan fingerprint density at radius 1 is 1.06 bits per heavy atom. The second-order valence-electron chi connectivity index (χ2n) is 6.38. The van der Waals surface area contributed by atoms with E-state index in [1.165, 1.54) is 12.1 Å². The van der Waals surface area contributed by atoms with Crippen LogP contribution in [0.25, 0.3) is 5.65 Å². The molecule has 2 N–H and O–H groups in total. The summed E-state index contributed by atoms with van der Waals surface area (Å²) in [7, 11) is 1.70. The maximum absolute atomic E-state index is 13.0. The van der Waals surface area contributed by atoms with Crippen molar-refractivity contribution in [1.82, 2.24) is 30.2 Å². The number of hydrogen-bond acceptors (Lipinski definition) is 5. The summed E-state index contributed by atoms with van der Waals surface area (Å²) < 4.78 is 20.6. The van der Waals surface area contributed by atoms with Gasteiger partial charge in [0, 0.05) is 32.1 Å². The third-order valence-electron chi connectivity index (χ3n) is 4.32. The van der Waals surface area contributed by atoms with Crippen molar-refractivity contribution < 1.29 is 9.13 Å². The van der Waals surface area contributed by atoms with E-state index < -0.39 is 0 Å². The van der Waals surface area contributed by atoms with Gasteiger partial charge in [-0.3, -0.25) is 9.39 Å². The summed E-state index contributed by atoms with van der Waals surface area (Å²) in [6.07, 6.45) is 3.58. The first kappa shape index (κ1) is 22.4. The molecule has 3 heterocycles. The van der Waals surface area contributed by atoms with Crippen molar-refractivity contribution in [3.63, 3.8) is 0 Å². The zero-order valence-corrected chi connectivity index (χ0v) is 19.0. The first-order valence-electron chi connectivity index (χ1n) is 9.33. The highest BCUT2D eigenvalue weighted by molar-refractivity contribution is 14.0. The second-order valence-corrected chi connectivity index (χ2v) is 6.38. The summed E-state index contributed by atoms with van der Waals surface area (Å²) in [5.41, 5.74) is 1.75. The lowest BCUT2D eigenvalue weighted by molar-refractivity contribution is 0.460. The summed E-state index contributed by atoms with van der Waals surface area (Å²) >= 11 is 0. The number of hydrogen-bond donors (Lipinski definition) is 2. The van der Waals surface area contributed by atoms with Crippen LogP contribution >= 0.6 is 24.0 Å². The van der Waals surface area contributed by atoms with Crippen LogP contribution in [-0.2, 0) is 13.1 Å². The molecule has 1 aromatic carbocycles. The second kappa shape index (κ2) is 10.7. The van der Waals surface area contributed by atoms with Crippen molar-refractivity contribution in [2.24, 2.45) is 4.99 Å². The molecule has 0 bridgehead atoms. The molecule has 3 aromatic heterocycles. The SMILES string of the molecule is CN=C(NCc1ccnc(Oc2ccc(F)cc2)c1)NCc1nnc2ccccn12.I. The third kappa shape index (κ3) is 5.87. The van der Waals surface area contributed by atoms with Gasteiger partial charge in [-0.25, -0.2) is 9.37 Å². The Hall–Kier alpha value is -3.28. The highest BCUT2D eigenvalue weighted by Gasteiger charge is 2.06. The average Bonchev–Trinajstić information content (AvgIpc) is 3.19. The van der Waals surface area contributed by atoms with Gasteiger partial charge in [-0.2, -0.15) is 0 Å². The fourth-order valence-corrected chi connectivity index (χ4v) is 2.82. The molecule has 0 saturated heterocycles. The largest absolute Gasteiger partial charge is 0.439 e. The minimum atomic E-state index is -0.314. The molecule has 31 heavy (non-hydrogen) atoms. The van der Waals surface area contributed by atoms with E-state index in [4.69, 9.17) is 4.74 Å². The van der Waals surface area contributed by atoms with E-state index in [-0.39, 0.29) is 29.8 Å². The number of guanidine groups is 1. The lowest BCUT2D eigenvalue weighted by atomic mass is 10.2. The van der Waals surface area contributed by atoms with Gasteiger partial charge in [0.1, 0.15) is 11.6 Å². The zero-order chi connectivity index (χ0) is 20.8. The molecule has 0 aliphatic heterocycles. The lowest BCUT2D eigenvalue weighted by Gasteiger charge is -2.12. The Labute approximate surface area is 195 Å². The molecule has 0 amide bonds. The van der Waals surface area contributed by atoms with Crippen molar-refractivity contribution in [1.29, 1.82) is 0 Å². The van der Waals surface area contributed by atoms with Gasteiger partial charge in [0.25, 0.3) is 0 Å². The lowest BCUT2D eigenvalue weighted by Crippen LogP contribution is -2.36.